The van der Waals surface area contributed by atoms with Gasteiger partial charge in [-0.1, -0.05) is 39.0 Å². The number of aliphatic carboxylic acids is 1. The Labute approximate surface area is 200 Å². The Kier molecular flexibility index (Phi) is 7.28. The van der Waals surface area contributed by atoms with Crippen molar-refractivity contribution in [3.8, 4) is 11.5 Å². The standard InChI is InChI=1S/C26H26F3NO5/c1-25(2,3)22(24(32)33)30-23(31)20-11-7-16-13-18(34-4)10-12-19(16)21(20)35-14-15-5-8-17(9-6-15)26(27,28)29/h5-13,22H,14H2,1-4H3,(H,30,31)(H,32,33). The highest BCUT2D eigenvalue weighted by molar-refractivity contribution is 6.05. The Morgan fingerprint density at radius 1 is 1.00 bits per heavy atom. The summed E-state index contributed by atoms with van der Waals surface area (Å²) in [5.74, 6) is -1.06. The van der Waals surface area contributed by atoms with Crippen molar-refractivity contribution in [2.75, 3.05) is 7.11 Å². The van der Waals surface area contributed by atoms with Gasteiger partial charge in [-0.15, -0.1) is 0 Å². The minimum atomic E-state index is -4.45. The van der Waals surface area contributed by atoms with Gasteiger partial charge in [0.25, 0.3) is 5.91 Å². The van der Waals surface area contributed by atoms with Gasteiger partial charge in [0.1, 0.15) is 24.1 Å². The maximum atomic E-state index is 13.2. The number of methoxy groups -OCH3 is 1. The molecule has 0 spiro atoms. The topological polar surface area (TPSA) is 84.9 Å². The Balaban J connectivity index is 1.99. The zero-order valence-corrected chi connectivity index (χ0v) is 19.7. The van der Waals surface area contributed by atoms with E-state index in [1.54, 1.807) is 45.0 Å². The first-order valence-electron chi connectivity index (χ1n) is 10.7. The lowest BCUT2D eigenvalue weighted by molar-refractivity contribution is -0.142. The van der Waals surface area contributed by atoms with Gasteiger partial charge in [0.2, 0.25) is 0 Å². The molecule has 1 amide bonds. The molecule has 0 aliphatic rings. The fraction of sp³-hybridized carbons (Fsp3) is 0.308. The highest BCUT2D eigenvalue weighted by atomic mass is 19.4. The molecule has 0 aliphatic heterocycles. The number of hydrogen-bond acceptors (Lipinski definition) is 4. The summed E-state index contributed by atoms with van der Waals surface area (Å²) >= 11 is 0. The number of nitrogens with one attached hydrogen (secondary N) is 1. The molecule has 0 heterocycles. The number of halogens is 3. The van der Waals surface area contributed by atoms with E-state index in [1.165, 1.54) is 25.3 Å². The summed E-state index contributed by atoms with van der Waals surface area (Å²) in [6.45, 7) is 4.98. The van der Waals surface area contributed by atoms with E-state index >= 15 is 0 Å². The number of carbonyl (C=O) groups is 2. The van der Waals surface area contributed by atoms with Crippen LogP contribution in [0.1, 0.15) is 42.3 Å². The molecule has 0 saturated carbocycles. The number of rotatable bonds is 7. The van der Waals surface area contributed by atoms with Crippen LogP contribution >= 0.6 is 0 Å². The molecule has 2 N–H and O–H groups in total. The molecule has 1 atom stereocenters. The van der Waals surface area contributed by atoms with Gasteiger partial charge in [-0.2, -0.15) is 13.2 Å². The molecular weight excluding hydrogens is 463 g/mol. The third kappa shape index (κ3) is 6.03. The van der Waals surface area contributed by atoms with Gasteiger partial charge < -0.3 is 19.9 Å². The normalized spacial score (nSPS) is 12.8. The van der Waals surface area contributed by atoms with Crippen LogP contribution in [0.25, 0.3) is 10.8 Å². The maximum absolute atomic E-state index is 13.2. The van der Waals surface area contributed by atoms with Crippen LogP contribution in [0.4, 0.5) is 13.2 Å². The van der Waals surface area contributed by atoms with E-state index in [9.17, 15) is 27.9 Å². The molecule has 35 heavy (non-hydrogen) atoms. The highest BCUT2D eigenvalue weighted by Gasteiger charge is 2.34. The van der Waals surface area contributed by atoms with E-state index in [-0.39, 0.29) is 17.9 Å². The number of alkyl halides is 3. The Morgan fingerprint density at radius 3 is 2.20 bits per heavy atom. The van der Waals surface area contributed by atoms with Crippen LogP contribution < -0.4 is 14.8 Å². The van der Waals surface area contributed by atoms with Crippen LogP contribution in [0.3, 0.4) is 0 Å². The summed E-state index contributed by atoms with van der Waals surface area (Å²) in [5, 5.41) is 13.4. The molecule has 0 aliphatic carbocycles. The number of ether oxygens (including phenoxy) is 2. The van der Waals surface area contributed by atoms with Crippen LogP contribution in [-0.2, 0) is 17.6 Å². The van der Waals surface area contributed by atoms with E-state index in [1.807, 2.05) is 0 Å². The van der Waals surface area contributed by atoms with Gasteiger partial charge in [-0.05, 0) is 52.8 Å². The molecule has 3 aromatic rings. The van der Waals surface area contributed by atoms with E-state index in [0.717, 1.165) is 12.1 Å². The van der Waals surface area contributed by atoms with Gasteiger partial charge in [0, 0.05) is 5.39 Å². The molecule has 0 aromatic heterocycles. The van der Waals surface area contributed by atoms with E-state index in [2.05, 4.69) is 5.32 Å². The molecule has 0 saturated heterocycles. The SMILES string of the molecule is COc1ccc2c(OCc3ccc(C(F)(F)F)cc3)c(C(=O)NC(C(=O)O)C(C)(C)C)ccc2c1. The fourth-order valence-corrected chi connectivity index (χ4v) is 3.54. The van der Waals surface area contributed by atoms with Gasteiger partial charge >= 0.3 is 12.1 Å². The number of hydrogen-bond donors (Lipinski definition) is 2. The van der Waals surface area contributed by atoms with Crippen LogP contribution in [0.15, 0.2) is 54.6 Å². The predicted molar refractivity (Wildman–Crippen MR) is 125 cm³/mol. The Morgan fingerprint density at radius 2 is 1.66 bits per heavy atom. The van der Waals surface area contributed by atoms with Gasteiger partial charge in [-0.25, -0.2) is 4.79 Å². The number of carbonyl (C=O) groups excluding carboxylic acids is 1. The first kappa shape index (κ1) is 25.9. The summed E-state index contributed by atoms with van der Waals surface area (Å²) in [6, 6.07) is 11.7. The quantitative estimate of drug-likeness (QED) is 0.446. The van der Waals surface area contributed by atoms with Crippen molar-refractivity contribution >= 4 is 22.6 Å². The average Bonchev–Trinajstić information content (AvgIpc) is 2.79. The molecule has 3 aromatic carbocycles. The van der Waals surface area contributed by atoms with E-state index in [4.69, 9.17) is 9.47 Å². The summed E-state index contributed by atoms with van der Waals surface area (Å²) in [5.41, 5.74) is -0.967. The maximum Gasteiger partial charge on any atom is 0.416 e. The number of carboxylic acids is 1. The zero-order valence-electron chi connectivity index (χ0n) is 19.7. The third-order valence-corrected chi connectivity index (χ3v) is 5.48. The molecule has 0 radical (unpaired) electrons. The average molecular weight is 489 g/mol. The minimum Gasteiger partial charge on any atom is -0.497 e. The lowest BCUT2D eigenvalue weighted by Crippen LogP contribution is -2.49. The molecule has 1 unspecified atom stereocenters. The molecule has 3 rings (SSSR count). The smallest absolute Gasteiger partial charge is 0.416 e. The van der Waals surface area contributed by atoms with Crippen LogP contribution in [0.2, 0.25) is 0 Å². The van der Waals surface area contributed by atoms with Crippen molar-refractivity contribution in [2.45, 2.75) is 39.6 Å². The van der Waals surface area contributed by atoms with E-state index in [0.29, 0.717) is 22.1 Å². The number of amides is 1. The van der Waals surface area contributed by atoms with Gasteiger partial charge in [0.05, 0.1) is 18.2 Å². The number of benzene rings is 3. The first-order valence-corrected chi connectivity index (χ1v) is 10.7. The second kappa shape index (κ2) is 9.85. The molecule has 0 fully saturated rings. The van der Waals surface area contributed by atoms with Crippen LogP contribution in [0, 0.1) is 5.41 Å². The summed E-state index contributed by atoms with van der Waals surface area (Å²) in [6.07, 6.45) is -4.45. The zero-order chi connectivity index (χ0) is 26.0. The van der Waals surface area contributed by atoms with Crippen molar-refractivity contribution < 1.29 is 37.3 Å². The lowest BCUT2D eigenvalue weighted by atomic mass is 9.86. The Hall–Kier alpha value is -3.75. The van der Waals surface area contributed by atoms with Gasteiger partial charge in [-0.3, -0.25) is 4.79 Å². The predicted octanol–water partition coefficient (Wildman–Crippen LogP) is 5.68. The molecule has 186 valence electrons. The van der Waals surface area contributed by atoms with Crippen molar-refractivity contribution in [1.29, 1.82) is 0 Å². The first-order chi connectivity index (χ1) is 16.3. The highest BCUT2D eigenvalue weighted by Crippen LogP contribution is 2.34. The minimum absolute atomic E-state index is 0.102. The fourth-order valence-electron chi connectivity index (χ4n) is 3.54. The van der Waals surface area contributed by atoms with Crippen LogP contribution in [0.5, 0.6) is 11.5 Å². The van der Waals surface area contributed by atoms with E-state index < -0.39 is 35.1 Å². The molecular formula is C26H26F3NO5. The second-order valence-electron chi connectivity index (χ2n) is 9.12. The van der Waals surface area contributed by atoms with Crippen molar-refractivity contribution in [3.63, 3.8) is 0 Å². The van der Waals surface area contributed by atoms with Crippen molar-refractivity contribution in [3.05, 3.63) is 71.3 Å². The second-order valence-corrected chi connectivity index (χ2v) is 9.12. The molecule has 6 nitrogen and oxygen atoms in total. The third-order valence-electron chi connectivity index (χ3n) is 5.48. The largest absolute Gasteiger partial charge is 0.497 e. The lowest BCUT2D eigenvalue weighted by Gasteiger charge is -2.28. The van der Waals surface area contributed by atoms with Crippen molar-refractivity contribution in [2.24, 2.45) is 5.41 Å². The monoisotopic (exact) mass is 489 g/mol. The summed E-state index contributed by atoms with van der Waals surface area (Å²) < 4.78 is 49.8. The summed E-state index contributed by atoms with van der Waals surface area (Å²) in [4.78, 5) is 24.9. The number of carboxylic acid groups (broad SMARTS) is 1. The number of fused-ring (bicyclic) bond motifs is 1. The summed E-state index contributed by atoms with van der Waals surface area (Å²) in [7, 11) is 1.52. The van der Waals surface area contributed by atoms with Gasteiger partial charge in [0.15, 0.2) is 0 Å². The molecule has 9 heteroatoms. The van der Waals surface area contributed by atoms with Crippen molar-refractivity contribution in [1.82, 2.24) is 5.32 Å². The Bertz CT molecular complexity index is 1230. The van der Waals surface area contributed by atoms with Crippen LogP contribution in [-0.4, -0.2) is 30.1 Å². The molecule has 0 bridgehead atoms.